The van der Waals surface area contributed by atoms with Crippen LogP contribution >= 0.6 is 0 Å². The van der Waals surface area contributed by atoms with Crippen LogP contribution < -0.4 is 4.74 Å². The van der Waals surface area contributed by atoms with E-state index in [1.165, 1.54) is 13.2 Å². The summed E-state index contributed by atoms with van der Waals surface area (Å²) in [5.74, 6) is 0.473. The molecule has 0 fully saturated rings. The van der Waals surface area contributed by atoms with Gasteiger partial charge in [-0.15, -0.1) is 0 Å². The highest BCUT2D eigenvalue weighted by atomic mass is 16.6. The lowest BCUT2D eigenvalue weighted by Gasteiger charge is -2.07. The number of methoxy groups -OCH3 is 1. The highest BCUT2D eigenvalue weighted by molar-refractivity contribution is 5.90. The van der Waals surface area contributed by atoms with Crippen LogP contribution in [0.15, 0.2) is 71.1 Å². The highest BCUT2D eigenvalue weighted by Gasteiger charge is 2.14. The summed E-state index contributed by atoms with van der Waals surface area (Å²) in [5.41, 5.74) is 0.346. The number of carbonyl (C=O) groups is 2. The van der Waals surface area contributed by atoms with Crippen LogP contribution in [0.25, 0.3) is 0 Å². The van der Waals surface area contributed by atoms with Gasteiger partial charge in [-0.2, -0.15) is 0 Å². The summed E-state index contributed by atoms with van der Waals surface area (Å²) in [6, 6.07) is 18.9. The summed E-state index contributed by atoms with van der Waals surface area (Å²) < 4.78 is 20.7. The average molecular weight is 352 g/mol. The van der Waals surface area contributed by atoms with Gasteiger partial charge in [0.1, 0.15) is 23.9 Å². The number of ether oxygens (including phenoxy) is 3. The molecule has 0 saturated heterocycles. The minimum absolute atomic E-state index is 0.0526. The summed E-state index contributed by atoms with van der Waals surface area (Å²) in [5, 5.41) is 0. The zero-order valence-corrected chi connectivity index (χ0v) is 14.0. The second-order valence-corrected chi connectivity index (χ2v) is 5.28. The number of benzene rings is 2. The smallest absolute Gasteiger partial charge is 0.373 e. The topological polar surface area (TPSA) is 75.0 Å². The highest BCUT2D eigenvalue weighted by Crippen LogP contribution is 2.22. The minimum atomic E-state index is -0.590. The molecule has 0 amide bonds. The van der Waals surface area contributed by atoms with Gasteiger partial charge in [-0.1, -0.05) is 24.3 Å². The third-order valence-corrected chi connectivity index (χ3v) is 3.44. The van der Waals surface area contributed by atoms with E-state index in [4.69, 9.17) is 13.9 Å². The Morgan fingerprint density at radius 1 is 0.885 bits per heavy atom. The number of carbonyl (C=O) groups excluding carboxylic acids is 2. The maximum atomic E-state index is 12.2. The predicted molar refractivity (Wildman–Crippen MR) is 92.1 cm³/mol. The monoisotopic (exact) mass is 352 g/mol. The molecule has 2 aromatic carbocycles. The van der Waals surface area contributed by atoms with E-state index in [1.807, 2.05) is 30.3 Å². The molecule has 3 aromatic rings. The van der Waals surface area contributed by atoms with Crippen LogP contribution in [0.1, 0.15) is 26.7 Å². The van der Waals surface area contributed by atoms with E-state index < -0.39 is 11.9 Å². The summed E-state index contributed by atoms with van der Waals surface area (Å²) >= 11 is 0. The molecule has 0 spiro atoms. The number of para-hydroxylation sites is 1. The van der Waals surface area contributed by atoms with Crippen LogP contribution in [0, 0.1) is 0 Å². The Labute approximate surface area is 149 Å². The maximum Gasteiger partial charge on any atom is 0.373 e. The molecule has 0 aliphatic rings. The molecule has 0 bridgehead atoms. The zero-order chi connectivity index (χ0) is 18.4. The molecular formula is C20H16O6. The molecule has 0 unspecified atom stereocenters. The van der Waals surface area contributed by atoms with Crippen LogP contribution in [0.2, 0.25) is 0 Å². The van der Waals surface area contributed by atoms with Crippen molar-refractivity contribution in [3.05, 3.63) is 83.8 Å². The van der Waals surface area contributed by atoms with Gasteiger partial charge >= 0.3 is 11.9 Å². The Hall–Kier alpha value is -3.54. The van der Waals surface area contributed by atoms with E-state index in [0.29, 0.717) is 22.8 Å². The van der Waals surface area contributed by atoms with Crippen molar-refractivity contribution in [3.63, 3.8) is 0 Å². The van der Waals surface area contributed by atoms with Crippen molar-refractivity contribution in [2.75, 3.05) is 7.11 Å². The number of furan rings is 1. The molecule has 26 heavy (non-hydrogen) atoms. The van der Waals surface area contributed by atoms with Gasteiger partial charge in [0.05, 0.1) is 12.7 Å². The van der Waals surface area contributed by atoms with Crippen molar-refractivity contribution < 1.29 is 28.2 Å². The fourth-order valence-corrected chi connectivity index (χ4v) is 2.20. The van der Waals surface area contributed by atoms with Crippen molar-refractivity contribution in [1.29, 1.82) is 0 Å². The number of esters is 2. The van der Waals surface area contributed by atoms with Gasteiger partial charge in [-0.3, -0.25) is 0 Å². The molecule has 1 aromatic heterocycles. The molecule has 6 nitrogen and oxygen atoms in total. The van der Waals surface area contributed by atoms with Crippen LogP contribution in [-0.4, -0.2) is 19.0 Å². The maximum absolute atomic E-state index is 12.2. The lowest BCUT2D eigenvalue weighted by atomic mass is 10.2. The van der Waals surface area contributed by atoms with Crippen molar-refractivity contribution in [1.82, 2.24) is 0 Å². The lowest BCUT2D eigenvalue weighted by Crippen LogP contribution is -2.05. The third-order valence-electron chi connectivity index (χ3n) is 3.44. The fourth-order valence-electron chi connectivity index (χ4n) is 2.20. The van der Waals surface area contributed by atoms with E-state index in [9.17, 15) is 9.59 Å². The minimum Gasteiger partial charge on any atom is -0.463 e. The van der Waals surface area contributed by atoms with Crippen molar-refractivity contribution in [2.24, 2.45) is 0 Å². The van der Waals surface area contributed by atoms with Crippen LogP contribution in [-0.2, 0) is 16.1 Å². The quantitative estimate of drug-likeness (QED) is 0.619. The molecule has 0 radical (unpaired) electrons. The molecule has 0 aliphatic heterocycles. The average Bonchev–Trinajstić information content (AvgIpc) is 3.15. The second kappa shape index (κ2) is 8.02. The first-order chi connectivity index (χ1) is 12.7. The molecule has 0 N–H and O–H groups in total. The Bertz CT molecular complexity index is 897. The van der Waals surface area contributed by atoms with Crippen LogP contribution in [0.5, 0.6) is 11.5 Å². The summed E-state index contributed by atoms with van der Waals surface area (Å²) in [6.45, 7) is -0.0976. The molecule has 1 heterocycles. The summed E-state index contributed by atoms with van der Waals surface area (Å²) in [7, 11) is 1.26. The van der Waals surface area contributed by atoms with Gasteiger partial charge in [-0.25, -0.2) is 9.59 Å². The van der Waals surface area contributed by atoms with Gasteiger partial charge in [0, 0.05) is 0 Å². The normalized spacial score (nSPS) is 10.2. The molecule has 132 valence electrons. The first kappa shape index (κ1) is 17.3. The largest absolute Gasteiger partial charge is 0.463 e. The van der Waals surface area contributed by atoms with E-state index in [2.05, 4.69) is 4.74 Å². The Balaban J connectivity index is 1.62. The van der Waals surface area contributed by atoms with Crippen LogP contribution in [0.3, 0.4) is 0 Å². The van der Waals surface area contributed by atoms with Crippen molar-refractivity contribution >= 4 is 11.9 Å². The predicted octanol–water partition coefficient (Wildman–Crippen LogP) is 4.22. The number of rotatable bonds is 6. The Morgan fingerprint density at radius 3 is 2.42 bits per heavy atom. The van der Waals surface area contributed by atoms with Gasteiger partial charge in [0.25, 0.3) is 0 Å². The standard InChI is InChI=1S/C20H16O6/c1-23-20(22)18-11-10-17(26-18)13-24-19(21)14-6-5-9-16(12-14)25-15-7-3-2-4-8-15/h2-12H,13H2,1H3. The molecule has 0 aliphatic carbocycles. The molecular weight excluding hydrogens is 336 g/mol. The van der Waals surface area contributed by atoms with Gasteiger partial charge in [0.2, 0.25) is 5.76 Å². The van der Waals surface area contributed by atoms with E-state index in [1.54, 1.807) is 30.3 Å². The summed E-state index contributed by atoms with van der Waals surface area (Å²) in [4.78, 5) is 23.5. The molecule has 3 rings (SSSR count). The van der Waals surface area contributed by atoms with E-state index in [0.717, 1.165) is 0 Å². The van der Waals surface area contributed by atoms with Crippen molar-refractivity contribution in [2.45, 2.75) is 6.61 Å². The van der Waals surface area contributed by atoms with E-state index in [-0.39, 0.29) is 12.4 Å². The summed E-state index contributed by atoms with van der Waals surface area (Å²) in [6.07, 6.45) is 0. The van der Waals surface area contributed by atoms with Gasteiger partial charge in [-0.05, 0) is 42.5 Å². The molecule has 0 saturated carbocycles. The first-order valence-electron chi connectivity index (χ1n) is 7.83. The van der Waals surface area contributed by atoms with Gasteiger partial charge < -0.3 is 18.6 Å². The third kappa shape index (κ3) is 4.30. The molecule has 6 heteroatoms. The fraction of sp³-hybridized carbons (Fsp3) is 0.100. The second-order valence-electron chi connectivity index (χ2n) is 5.28. The SMILES string of the molecule is COC(=O)c1ccc(COC(=O)c2cccc(Oc3ccccc3)c2)o1. The van der Waals surface area contributed by atoms with Crippen LogP contribution in [0.4, 0.5) is 0 Å². The Morgan fingerprint density at radius 2 is 1.65 bits per heavy atom. The molecule has 0 atom stereocenters. The number of hydrogen-bond acceptors (Lipinski definition) is 6. The van der Waals surface area contributed by atoms with Gasteiger partial charge in [0.15, 0.2) is 0 Å². The van der Waals surface area contributed by atoms with Crippen molar-refractivity contribution in [3.8, 4) is 11.5 Å². The number of hydrogen-bond donors (Lipinski definition) is 0. The van der Waals surface area contributed by atoms with E-state index >= 15 is 0 Å². The Kier molecular flexibility index (Phi) is 5.34. The zero-order valence-electron chi connectivity index (χ0n) is 14.0. The lowest BCUT2D eigenvalue weighted by molar-refractivity contribution is 0.0438. The first-order valence-corrected chi connectivity index (χ1v) is 7.83.